The minimum atomic E-state index is -3.37. The molecule has 1 aliphatic heterocycles. The molecule has 2 aromatic rings. The van der Waals surface area contributed by atoms with Gasteiger partial charge in [0, 0.05) is 13.1 Å². The number of likely N-dealkylation sites (tertiary alicyclic amines) is 1. The van der Waals surface area contributed by atoms with Crippen molar-refractivity contribution in [1.82, 2.24) is 4.90 Å². The van der Waals surface area contributed by atoms with Crippen LogP contribution in [-0.4, -0.2) is 51.2 Å². The van der Waals surface area contributed by atoms with Crippen LogP contribution in [0.4, 0.5) is 0 Å². The van der Waals surface area contributed by atoms with Gasteiger partial charge in [-0.25, -0.2) is 16.8 Å². The molecule has 7 nitrogen and oxygen atoms in total. The first-order valence-electron chi connectivity index (χ1n) is 8.94. The lowest BCUT2D eigenvalue weighted by molar-refractivity contribution is -0.133. The summed E-state index contributed by atoms with van der Waals surface area (Å²) in [5, 5.41) is -1.10. The Hall–Kier alpha value is -2.13. The molecule has 1 saturated heterocycles. The topological polar surface area (TPSA) is 102 Å². The molecule has 0 bridgehead atoms. The fraction of sp³-hybridized carbons (Fsp3) is 0.421. The van der Waals surface area contributed by atoms with Gasteiger partial charge in [0.15, 0.2) is 19.7 Å². The van der Waals surface area contributed by atoms with Gasteiger partial charge < -0.3 is 9.32 Å². The fourth-order valence-electron chi connectivity index (χ4n) is 2.94. The van der Waals surface area contributed by atoms with Crippen molar-refractivity contribution in [2.24, 2.45) is 0 Å². The molecule has 0 N–H and O–H groups in total. The van der Waals surface area contributed by atoms with E-state index in [1.54, 1.807) is 38.1 Å². The van der Waals surface area contributed by atoms with Crippen LogP contribution in [0.25, 0.3) is 0 Å². The molecule has 1 aromatic carbocycles. The predicted molar refractivity (Wildman–Crippen MR) is 104 cm³/mol. The summed E-state index contributed by atoms with van der Waals surface area (Å²) in [6.45, 7) is 3.57. The molecular formula is C19H23NO6S2. The van der Waals surface area contributed by atoms with E-state index in [-0.39, 0.29) is 36.1 Å². The van der Waals surface area contributed by atoms with Gasteiger partial charge in [-0.1, -0.05) is 12.1 Å². The third kappa shape index (κ3) is 4.30. The standard InChI is InChI=1S/C19H23NO6S2/c1-14(2)28(24,25)17-7-5-15(6-8-17)10-19(21)20-11-18(12-20)27(22,23)13-16-4-3-9-26-16/h3-9,14,18H,10-13H2,1-2H3. The van der Waals surface area contributed by atoms with Crippen molar-refractivity contribution in [3.63, 3.8) is 0 Å². The lowest BCUT2D eigenvalue weighted by Gasteiger charge is -2.38. The van der Waals surface area contributed by atoms with Crippen LogP contribution in [0.2, 0.25) is 0 Å². The van der Waals surface area contributed by atoms with Crippen LogP contribution >= 0.6 is 0 Å². The molecule has 1 amide bonds. The minimum Gasteiger partial charge on any atom is -0.468 e. The van der Waals surface area contributed by atoms with Crippen molar-refractivity contribution in [2.75, 3.05) is 13.1 Å². The highest BCUT2D eigenvalue weighted by atomic mass is 32.2. The number of hydrogen-bond acceptors (Lipinski definition) is 6. The van der Waals surface area contributed by atoms with Crippen molar-refractivity contribution < 1.29 is 26.0 Å². The van der Waals surface area contributed by atoms with Gasteiger partial charge in [0.2, 0.25) is 5.91 Å². The first kappa shape index (κ1) is 20.6. The molecule has 1 aromatic heterocycles. The third-order valence-corrected chi connectivity index (χ3v) is 9.03. The number of nitrogens with zero attached hydrogens (tertiary/aromatic N) is 1. The second-order valence-electron chi connectivity index (χ2n) is 7.22. The molecule has 1 fully saturated rings. The molecule has 1 aliphatic rings. The monoisotopic (exact) mass is 425 g/mol. The summed E-state index contributed by atoms with van der Waals surface area (Å²) in [5.41, 5.74) is 0.689. The number of amides is 1. The molecule has 152 valence electrons. The van der Waals surface area contributed by atoms with Gasteiger partial charge in [0.05, 0.1) is 28.1 Å². The van der Waals surface area contributed by atoms with Gasteiger partial charge in [-0.05, 0) is 43.7 Å². The summed E-state index contributed by atoms with van der Waals surface area (Å²) >= 11 is 0. The highest BCUT2D eigenvalue weighted by Crippen LogP contribution is 2.22. The molecule has 3 rings (SSSR count). The average Bonchev–Trinajstić information content (AvgIpc) is 3.05. The van der Waals surface area contributed by atoms with E-state index in [1.165, 1.54) is 23.3 Å². The van der Waals surface area contributed by atoms with E-state index in [2.05, 4.69) is 0 Å². The van der Waals surface area contributed by atoms with Gasteiger partial charge >= 0.3 is 0 Å². The van der Waals surface area contributed by atoms with Crippen molar-refractivity contribution >= 4 is 25.6 Å². The number of furan rings is 1. The average molecular weight is 426 g/mol. The molecule has 9 heteroatoms. The van der Waals surface area contributed by atoms with E-state index < -0.39 is 30.2 Å². The Morgan fingerprint density at radius 1 is 1.11 bits per heavy atom. The van der Waals surface area contributed by atoms with Gasteiger partial charge in [-0.15, -0.1) is 0 Å². The largest absolute Gasteiger partial charge is 0.468 e. The molecule has 0 unspecified atom stereocenters. The zero-order valence-electron chi connectivity index (χ0n) is 15.7. The van der Waals surface area contributed by atoms with Gasteiger partial charge in [0.25, 0.3) is 0 Å². The molecule has 0 radical (unpaired) electrons. The first-order valence-corrected chi connectivity index (χ1v) is 12.2. The molecule has 2 heterocycles. The second-order valence-corrected chi connectivity index (χ2v) is 12.0. The number of carbonyl (C=O) groups is 1. The Bertz CT molecular complexity index is 1030. The van der Waals surface area contributed by atoms with Gasteiger partial charge in [-0.3, -0.25) is 4.79 Å². The maximum absolute atomic E-state index is 12.4. The second kappa shape index (κ2) is 7.71. The third-order valence-electron chi connectivity index (χ3n) is 4.86. The number of rotatable bonds is 7. The van der Waals surface area contributed by atoms with E-state index in [0.717, 1.165) is 0 Å². The van der Waals surface area contributed by atoms with Crippen LogP contribution in [0, 0.1) is 0 Å². The normalized spacial score (nSPS) is 15.6. The Morgan fingerprint density at radius 3 is 2.29 bits per heavy atom. The summed E-state index contributed by atoms with van der Waals surface area (Å²) < 4.78 is 54.0. The maximum Gasteiger partial charge on any atom is 0.227 e. The van der Waals surface area contributed by atoms with Crippen molar-refractivity contribution in [2.45, 2.75) is 41.4 Å². The lowest BCUT2D eigenvalue weighted by atomic mass is 10.1. The molecular weight excluding hydrogens is 402 g/mol. The maximum atomic E-state index is 12.4. The number of hydrogen-bond donors (Lipinski definition) is 0. The summed E-state index contributed by atoms with van der Waals surface area (Å²) in [5.74, 6) is 0.0449. The van der Waals surface area contributed by atoms with E-state index in [9.17, 15) is 21.6 Å². The van der Waals surface area contributed by atoms with Crippen LogP contribution in [0.5, 0.6) is 0 Å². The number of sulfone groups is 2. The summed E-state index contributed by atoms with van der Waals surface area (Å²) in [6.07, 6.45) is 1.53. The molecule has 28 heavy (non-hydrogen) atoms. The van der Waals surface area contributed by atoms with Crippen molar-refractivity contribution in [3.8, 4) is 0 Å². The minimum absolute atomic E-state index is 0.104. The lowest BCUT2D eigenvalue weighted by Crippen LogP contribution is -2.57. The Morgan fingerprint density at radius 2 is 1.75 bits per heavy atom. The smallest absolute Gasteiger partial charge is 0.227 e. The number of benzene rings is 1. The molecule has 0 spiro atoms. The Kier molecular flexibility index (Phi) is 5.67. The van der Waals surface area contributed by atoms with E-state index in [0.29, 0.717) is 11.3 Å². The summed E-state index contributed by atoms with van der Waals surface area (Å²) in [6, 6.07) is 9.51. The van der Waals surface area contributed by atoms with E-state index in [4.69, 9.17) is 4.42 Å². The molecule has 0 saturated carbocycles. The highest BCUT2D eigenvalue weighted by Gasteiger charge is 2.39. The van der Waals surface area contributed by atoms with E-state index in [1.807, 2.05) is 0 Å². The quantitative estimate of drug-likeness (QED) is 0.671. The van der Waals surface area contributed by atoms with Crippen LogP contribution < -0.4 is 0 Å². The Labute approximate surface area is 165 Å². The predicted octanol–water partition coefficient (Wildman–Crippen LogP) is 1.83. The van der Waals surface area contributed by atoms with Crippen LogP contribution in [0.15, 0.2) is 52.0 Å². The van der Waals surface area contributed by atoms with Crippen LogP contribution in [0.3, 0.4) is 0 Å². The zero-order chi connectivity index (χ0) is 20.5. The highest BCUT2D eigenvalue weighted by molar-refractivity contribution is 7.92. The Balaban J connectivity index is 1.55. The molecule has 0 atom stereocenters. The van der Waals surface area contributed by atoms with Crippen LogP contribution in [-0.2, 0) is 36.6 Å². The SMILES string of the molecule is CC(C)S(=O)(=O)c1ccc(CC(=O)N2CC(S(=O)(=O)Cc3ccco3)C2)cc1. The van der Waals surface area contributed by atoms with Gasteiger partial charge in [-0.2, -0.15) is 0 Å². The first-order chi connectivity index (χ1) is 13.1. The summed E-state index contributed by atoms with van der Waals surface area (Å²) in [4.78, 5) is 14.1. The van der Waals surface area contributed by atoms with E-state index >= 15 is 0 Å². The number of carbonyl (C=O) groups excluding carboxylic acids is 1. The zero-order valence-corrected chi connectivity index (χ0v) is 17.4. The van der Waals surface area contributed by atoms with Crippen molar-refractivity contribution in [3.05, 3.63) is 54.0 Å². The van der Waals surface area contributed by atoms with Crippen LogP contribution in [0.1, 0.15) is 25.2 Å². The van der Waals surface area contributed by atoms with Crippen molar-refractivity contribution in [1.29, 1.82) is 0 Å². The fourth-order valence-corrected chi connectivity index (χ4v) is 5.61. The molecule has 0 aliphatic carbocycles. The summed E-state index contributed by atoms with van der Waals surface area (Å²) in [7, 11) is -6.72. The van der Waals surface area contributed by atoms with Gasteiger partial charge in [0.1, 0.15) is 11.5 Å².